The zero-order chi connectivity index (χ0) is 19.0. The van der Waals surface area contributed by atoms with Crippen LogP contribution in [0.4, 0.5) is 5.95 Å². The van der Waals surface area contributed by atoms with Crippen molar-refractivity contribution in [2.75, 3.05) is 19.5 Å². The Kier molecular flexibility index (Phi) is 4.68. The van der Waals surface area contributed by atoms with Crippen molar-refractivity contribution in [3.05, 3.63) is 70.0 Å². The summed E-state index contributed by atoms with van der Waals surface area (Å²) >= 11 is 12.4. The number of allylic oxidation sites excluding steroid dienone is 1. The summed E-state index contributed by atoms with van der Waals surface area (Å²) in [5.41, 5.74) is 2.64. The predicted molar refractivity (Wildman–Crippen MR) is 106 cm³/mol. The van der Waals surface area contributed by atoms with Crippen molar-refractivity contribution in [1.29, 1.82) is 0 Å². The first-order chi connectivity index (χ1) is 13.1. The summed E-state index contributed by atoms with van der Waals surface area (Å²) in [6.45, 7) is 0. The second kappa shape index (κ2) is 7.13. The topological polar surface area (TPSA) is 61.2 Å². The average molecular weight is 403 g/mol. The zero-order valence-corrected chi connectivity index (χ0v) is 16.1. The lowest BCUT2D eigenvalue weighted by Crippen LogP contribution is -2.20. The molecule has 4 rings (SSSR count). The number of nitrogens with one attached hydrogen (secondary N) is 1. The van der Waals surface area contributed by atoms with Gasteiger partial charge in [0.15, 0.2) is 11.5 Å². The number of hydrogen-bond acceptors (Lipinski definition) is 5. The van der Waals surface area contributed by atoms with Gasteiger partial charge in [-0.15, -0.1) is 0 Å². The van der Waals surface area contributed by atoms with Crippen LogP contribution in [0.15, 0.2) is 48.8 Å². The van der Waals surface area contributed by atoms with Gasteiger partial charge in [0.2, 0.25) is 5.95 Å². The molecule has 27 heavy (non-hydrogen) atoms. The molecule has 1 aliphatic heterocycles. The molecule has 1 aliphatic rings. The average Bonchev–Trinajstić information content (AvgIpc) is 3.15. The van der Waals surface area contributed by atoms with Gasteiger partial charge in [-0.3, -0.25) is 0 Å². The van der Waals surface area contributed by atoms with Gasteiger partial charge in [-0.05, 0) is 42.0 Å². The van der Waals surface area contributed by atoms with E-state index in [1.807, 2.05) is 30.3 Å². The molecule has 2 heterocycles. The molecule has 0 unspecified atom stereocenters. The van der Waals surface area contributed by atoms with Crippen molar-refractivity contribution < 1.29 is 9.47 Å². The van der Waals surface area contributed by atoms with E-state index in [4.69, 9.17) is 32.7 Å². The monoisotopic (exact) mass is 402 g/mol. The Morgan fingerprint density at radius 3 is 2.59 bits per heavy atom. The summed E-state index contributed by atoms with van der Waals surface area (Å²) in [6, 6.07) is 11.0. The highest BCUT2D eigenvalue weighted by molar-refractivity contribution is 6.35. The summed E-state index contributed by atoms with van der Waals surface area (Å²) in [5, 5.41) is 8.76. The quantitative estimate of drug-likeness (QED) is 0.687. The first-order valence-electron chi connectivity index (χ1n) is 8.16. The maximum atomic E-state index is 6.40. The lowest BCUT2D eigenvalue weighted by molar-refractivity contribution is 0.354. The fourth-order valence-corrected chi connectivity index (χ4v) is 3.58. The third-order valence-corrected chi connectivity index (χ3v) is 4.93. The van der Waals surface area contributed by atoms with Gasteiger partial charge in [0.1, 0.15) is 12.4 Å². The summed E-state index contributed by atoms with van der Waals surface area (Å²) < 4.78 is 12.6. The summed E-state index contributed by atoms with van der Waals surface area (Å²) in [6.07, 6.45) is 3.55. The van der Waals surface area contributed by atoms with Crippen LogP contribution in [0.25, 0.3) is 5.70 Å². The van der Waals surface area contributed by atoms with Crippen LogP contribution in [0.3, 0.4) is 0 Å². The van der Waals surface area contributed by atoms with E-state index in [2.05, 4.69) is 15.4 Å². The van der Waals surface area contributed by atoms with Crippen molar-refractivity contribution in [2.24, 2.45) is 0 Å². The Balaban J connectivity index is 1.82. The predicted octanol–water partition coefficient (Wildman–Crippen LogP) is 4.66. The maximum Gasteiger partial charge on any atom is 0.226 e. The highest BCUT2D eigenvalue weighted by Crippen LogP contribution is 2.37. The minimum absolute atomic E-state index is 0.190. The molecule has 0 radical (unpaired) electrons. The van der Waals surface area contributed by atoms with E-state index in [0.29, 0.717) is 27.5 Å². The van der Waals surface area contributed by atoms with Crippen LogP contribution in [0.5, 0.6) is 11.5 Å². The van der Waals surface area contributed by atoms with Crippen LogP contribution in [0, 0.1) is 0 Å². The van der Waals surface area contributed by atoms with E-state index in [1.54, 1.807) is 31.0 Å². The SMILES string of the molecule is COc1ccc([C@@H]2C=C(c3ccc(Cl)cc3Cl)Nc3ncnn32)cc1OC. The lowest BCUT2D eigenvalue weighted by atomic mass is 10.0. The molecule has 2 aromatic carbocycles. The van der Waals surface area contributed by atoms with E-state index < -0.39 is 0 Å². The molecule has 0 amide bonds. The Morgan fingerprint density at radius 1 is 1.04 bits per heavy atom. The number of anilines is 1. The van der Waals surface area contributed by atoms with Crippen LogP contribution >= 0.6 is 23.2 Å². The first-order valence-corrected chi connectivity index (χ1v) is 8.92. The number of ether oxygens (including phenoxy) is 2. The van der Waals surface area contributed by atoms with Crippen LogP contribution in [-0.2, 0) is 0 Å². The Labute approximate surface area is 166 Å². The van der Waals surface area contributed by atoms with Gasteiger partial charge in [0, 0.05) is 16.3 Å². The van der Waals surface area contributed by atoms with E-state index >= 15 is 0 Å². The smallest absolute Gasteiger partial charge is 0.226 e. The van der Waals surface area contributed by atoms with Crippen molar-refractivity contribution in [3.63, 3.8) is 0 Å². The van der Waals surface area contributed by atoms with Crippen molar-refractivity contribution in [3.8, 4) is 11.5 Å². The summed E-state index contributed by atoms with van der Waals surface area (Å²) in [7, 11) is 3.22. The standard InChI is InChI=1S/C19H16Cl2N4O2/c1-26-17-6-3-11(7-18(17)27-2)16-9-15(24-19-22-10-23-25(16)19)13-5-4-12(20)8-14(13)21/h3-10,16H,1-2H3,(H,22,23,24)/t16-/m0/s1. The molecule has 0 fully saturated rings. The molecule has 0 spiro atoms. The number of benzene rings is 2. The molecular formula is C19H16Cl2N4O2. The number of aromatic nitrogens is 3. The minimum Gasteiger partial charge on any atom is -0.493 e. The Morgan fingerprint density at radius 2 is 1.85 bits per heavy atom. The second-order valence-electron chi connectivity index (χ2n) is 5.92. The number of fused-ring (bicyclic) bond motifs is 1. The molecule has 0 saturated heterocycles. The van der Waals surface area contributed by atoms with Crippen molar-refractivity contribution in [2.45, 2.75) is 6.04 Å². The third-order valence-electron chi connectivity index (χ3n) is 4.38. The van der Waals surface area contributed by atoms with E-state index in [9.17, 15) is 0 Å². The molecule has 1 atom stereocenters. The molecule has 138 valence electrons. The fraction of sp³-hybridized carbons (Fsp3) is 0.158. The van der Waals surface area contributed by atoms with Gasteiger partial charge in [-0.2, -0.15) is 10.1 Å². The van der Waals surface area contributed by atoms with Gasteiger partial charge in [-0.25, -0.2) is 4.68 Å². The summed E-state index contributed by atoms with van der Waals surface area (Å²) in [4.78, 5) is 4.31. The molecule has 0 bridgehead atoms. The molecule has 6 nitrogen and oxygen atoms in total. The van der Waals surface area contributed by atoms with Gasteiger partial charge in [0.05, 0.1) is 19.2 Å². The van der Waals surface area contributed by atoms with Gasteiger partial charge in [-0.1, -0.05) is 29.3 Å². The fourth-order valence-electron chi connectivity index (χ4n) is 3.07. The number of methoxy groups -OCH3 is 2. The molecule has 0 saturated carbocycles. The molecule has 1 N–H and O–H groups in total. The molecule has 0 aliphatic carbocycles. The number of halogens is 2. The molecule has 1 aromatic heterocycles. The molecule has 8 heteroatoms. The lowest BCUT2D eigenvalue weighted by Gasteiger charge is -2.25. The number of nitrogens with zero attached hydrogens (tertiary/aromatic N) is 3. The van der Waals surface area contributed by atoms with E-state index in [0.717, 1.165) is 16.8 Å². The van der Waals surface area contributed by atoms with Gasteiger partial charge >= 0.3 is 0 Å². The Hall–Kier alpha value is -2.70. The number of hydrogen-bond donors (Lipinski definition) is 1. The third kappa shape index (κ3) is 3.22. The van der Waals surface area contributed by atoms with Crippen LogP contribution in [0.1, 0.15) is 17.2 Å². The highest BCUT2D eigenvalue weighted by atomic mass is 35.5. The van der Waals surface area contributed by atoms with E-state index in [1.165, 1.54) is 6.33 Å². The van der Waals surface area contributed by atoms with Crippen LogP contribution < -0.4 is 14.8 Å². The normalized spacial score (nSPS) is 15.6. The largest absolute Gasteiger partial charge is 0.493 e. The van der Waals surface area contributed by atoms with Gasteiger partial charge < -0.3 is 14.8 Å². The second-order valence-corrected chi connectivity index (χ2v) is 6.76. The van der Waals surface area contributed by atoms with E-state index in [-0.39, 0.29) is 6.04 Å². The summed E-state index contributed by atoms with van der Waals surface area (Å²) in [5.74, 6) is 1.94. The first kappa shape index (κ1) is 17.7. The number of rotatable bonds is 4. The van der Waals surface area contributed by atoms with Crippen LogP contribution in [-0.4, -0.2) is 29.0 Å². The molecule has 3 aromatic rings. The van der Waals surface area contributed by atoms with Crippen molar-refractivity contribution >= 4 is 34.8 Å². The van der Waals surface area contributed by atoms with Crippen LogP contribution in [0.2, 0.25) is 10.0 Å². The van der Waals surface area contributed by atoms with Gasteiger partial charge in [0.25, 0.3) is 0 Å². The zero-order valence-electron chi connectivity index (χ0n) is 14.6. The highest BCUT2D eigenvalue weighted by Gasteiger charge is 2.25. The maximum absolute atomic E-state index is 6.40. The Bertz CT molecular complexity index is 1030. The van der Waals surface area contributed by atoms with Crippen molar-refractivity contribution in [1.82, 2.24) is 14.8 Å². The minimum atomic E-state index is -0.190. The molecular weight excluding hydrogens is 387 g/mol.